The van der Waals surface area contributed by atoms with Gasteiger partial charge < -0.3 is 5.73 Å². The van der Waals surface area contributed by atoms with E-state index in [0.717, 1.165) is 11.6 Å². The van der Waals surface area contributed by atoms with Crippen LogP contribution in [-0.2, 0) is 6.18 Å². The highest BCUT2D eigenvalue weighted by Gasteiger charge is 2.33. The van der Waals surface area contributed by atoms with Crippen LogP contribution in [0.5, 0.6) is 0 Å². The fourth-order valence-electron chi connectivity index (χ4n) is 1.83. The average Bonchev–Trinajstić information content (AvgIpc) is 2.32. The van der Waals surface area contributed by atoms with Crippen LogP contribution >= 0.6 is 0 Å². The predicted octanol–water partition coefficient (Wildman–Crippen LogP) is 4.26. The van der Waals surface area contributed by atoms with Crippen LogP contribution in [0.25, 0.3) is 11.1 Å². The number of halogens is 3. The van der Waals surface area contributed by atoms with E-state index in [9.17, 15) is 13.2 Å². The van der Waals surface area contributed by atoms with Gasteiger partial charge in [0.1, 0.15) is 0 Å². The Hall–Kier alpha value is -1.97. The zero-order valence-corrected chi connectivity index (χ0v) is 9.75. The molecule has 0 aromatic heterocycles. The van der Waals surface area contributed by atoms with Gasteiger partial charge in [-0.2, -0.15) is 13.2 Å². The van der Waals surface area contributed by atoms with Crippen LogP contribution in [0.4, 0.5) is 18.9 Å². The van der Waals surface area contributed by atoms with Crippen LogP contribution in [0.2, 0.25) is 0 Å². The zero-order valence-electron chi connectivity index (χ0n) is 9.75. The van der Waals surface area contributed by atoms with Crippen LogP contribution in [0.3, 0.4) is 0 Å². The van der Waals surface area contributed by atoms with Crippen LogP contribution in [0.1, 0.15) is 11.1 Å². The minimum absolute atomic E-state index is 0.174. The summed E-state index contributed by atoms with van der Waals surface area (Å²) < 4.78 is 38.7. The topological polar surface area (TPSA) is 26.0 Å². The predicted molar refractivity (Wildman–Crippen MR) is 66.0 cm³/mol. The second-order valence-electron chi connectivity index (χ2n) is 4.11. The Balaban J connectivity index is 2.61. The standard InChI is InChI=1S/C14H12F3N/c1-9-8-10(6-7-13(9)18)11-4-2-3-5-12(11)14(15,16)17/h2-8H,18H2,1H3. The number of alkyl halides is 3. The largest absolute Gasteiger partial charge is 0.417 e. The van der Waals surface area contributed by atoms with E-state index in [1.165, 1.54) is 12.1 Å². The molecule has 0 saturated carbocycles. The fraction of sp³-hybridized carbons (Fsp3) is 0.143. The van der Waals surface area contributed by atoms with Crippen molar-refractivity contribution in [3.63, 3.8) is 0 Å². The van der Waals surface area contributed by atoms with Crippen molar-refractivity contribution in [2.24, 2.45) is 0 Å². The van der Waals surface area contributed by atoms with E-state index in [2.05, 4.69) is 0 Å². The number of nitrogens with two attached hydrogens (primary N) is 1. The number of benzene rings is 2. The summed E-state index contributed by atoms with van der Waals surface area (Å²) in [6, 6.07) is 10.4. The van der Waals surface area contributed by atoms with Crippen LogP contribution in [0.15, 0.2) is 42.5 Å². The molecule has 0 radical (unpaired) electrons. The van der Waals surface area contributed by atoms with Gasteiger partial charge in [0.15, 0.2) is 0 Å². The van der Waals surface area contributed by atoms with E-state index in [4.69, 9.17) is 5.73 Å². The Kier molecular flexibility index (Phi) is 3.03. The van der Waals surface area contributed by atoms with E-state index in [0.29, 0.717) is 11.3 Å². The number of aryl methyl sites for hydroxylation is 1. The summed E-state index contributed by atoms with van der Waals surface area (Å²) >= 11 is 0. The van der Waals surface area contributed by atoms with Gasteiger partial charge >= 0.3 is 6.18 Å². The van der Waals surface area contributed by atoms with Gasteiger partial charge in [-0.25, -0.2) is 0 Å². The molecule has 4 heteroatoms. The summed E-state index contributed by atoms with van der Waals surface area (Å²) in [6.07, 6.45) is -4.36. The first-order valence-corrected chi connectivity index (χ1v) is 5.42. The molecule has 0 bridgehead atoms. The van der Waals surface area contributed by atoms with Gasteiger partial charge in [0.05, 0.1) is 5.56 Å². The Morgan fingerprint density at radius 3 is 2.28 bits per heavy atom. The molecule has 0 unspecified atom stereocenters. The van der Waals surface area contributed by atoms with Crippen molar-refractivity contribution in [3.8, 4) is 11.1 Å². The molecule has 2 N–H and O–H groups in total. The average molecular weight is 251 g/mol. The summed E-state index contributed by atoms with van der Waals surface area (Å²) in [4.78, 5) is 0. The molecule has 0 aliphatic heterocycles. The lowest BCUT2D eigenvalue weighted by molar-refractivity contribution is -0.137. The summed E-state index contributed by atoms with van der Waals surface area (Å²) in [7, 11) is 0. The maximum absolute atomic E-state index is 12.9. The van der Waals surface area contributed by atoms with Gasteiger partial charge in [0, 0.05) is 5.69 Å². The van der Waals surface area contributed by atoms with E-state index >= 15 is 0 Å². The highest BCUT2D eigenvalue weighted by molar-refractivity contribution is 5.71. The molecule has 2 aromatic carbocycles. The van der Waals surface area contributed by atoms with Crippen molar-refractivity contribution in [1.29, 1.82) is 0 Å². The first-order valence-electron chi connectivity index (χ1n) is 5.42. The smallest absolute Gasteiger partial charge is 0.399 e. The van der Waals surface area contributed by atoms with Crippen molar-refractivity contribution in [1.82, 2.24) is 0 Å². The molecule has 0 aliphatic carbocycles. The van der Waals surface area contributed by atoms with Gasteiger partial charge in [-0.3, -0.25) is 0 Å². The van der Waals surface area contributed by atoms with Crippen molar-refractivity contribution < 1.29 is 13.2 Å². The van der Waals surface area contributed by atoms with Crippen LogP contribution < -0.4 is 5.73 Å². The normalized spacial score (nSPS) is 11.6. The lowest BCUT2D eigenvalue weighted by Gasteiger charge is -2.13. The quantitative estimate of drug-likeness (QED) is 0.753. The Labute approximate surface area is 103 Å². The Bertz CT molecular complexity index is 573. The van der Waals surface area contributed by atoms with Crippen LogP contribution in [0, 0.1) is 6.92 Å². The summed E-state index contributed by atoms with van der Waals surface area (Å²) in [5, 5.41) is 0. The molecule has 94 valence electrons. The molecule has 2 rings (SSSR count). The minimum atomic E-state index is -4.36. The molecule has 0 atom stereocenters. The molecule has 0 saturated heterocycles. The molecule has 0 heterocycles. The Morgan fingerprint density at radius 2 is 1.67 bits per heavy atom. The van der Waals surface area contributed by atoms with Gasteiger partial charge in [-0.1, -0.05) is 24.3 Å². The van der Waals surface area contributed by atoms with Gasteiger partial charge in [0.2, 0.25) is 0 Å². The molecule has 0 spiro atoms. The fourth-order valence-corrected chi connectivity index (χ4v) is 1.83. The molecule has 1 nitrogen and oxygen atoms in total. The molecule has 0 fully saturated rings. The van der Waals surface area contributed by atoms with Gasteiger partial charge in [0.25, 0.3) is 0 Å². The van der Waals surface area contributed by atoms with E-state index < -0.39 is 11.7 Å². The lowest BCUT2D eigenvalue weighted by Crippen LogP contribution is -2.06. The SMILES string of the molecule is Cc1cc(-c2ccccc2C(F)(F)F)ccc1N. The number of nitrogen functional groups attached to an aromatic ring is 1. The third-order valence-corrected chi connectivity index (χ3v) is 2.81. The Morgan fingerprint density at radius 1 is 1.00 bits per heavy atom. The monoisotopic (exact) mass is 251 g/mol. The third kappa shape index (κ3) is 2.32. The van der Waals surface area contributed by atoms with Gasteiger partial charge in [-0.15, -0.1) is 0 Å². The molecule has 0 aliphatic rings. The maximum atomic E-state index is 12.9. The zero-order chi connectivity index (χ0) is 13.3. The number of hydrogen-bond acceptors (Lipinski definition) is 1. The summed E-state index contributed by atoms with van der Waals surface area (Å²) in [5.41, 5.74) is 7.08. The first-order chi connectivity index (χ1) is 8.39. The molecule has 18 heavy (non-hydrogen) atoms. The van der Waals surface area contributed by atoms with Crippen molar-refractivity contribution in [2.45, 2.75) is 13.1 Å². The van der Waals surface area contributed by atoms with Crippen molar-refractivity contribution >= 4 is 5.69 Å². The summed E-state index contributed by atoms with van der Waals surface area (Å²) in [6.45, 7) is 1.77. The van der Waals surface area contributed by atoms with Crippen molar-refractivity contribution in [3.05, 3.63) is 53.6 Å². The molecule has 0 amide bonds. The van der Waals surface area contributed by atoms with E-state index in [-0.39, 0.29) is 5.56 Å². The highest BCUT2D eigenvalue weighted by Crippen LogP contribution is 2.37. The summed E-state index contributed by atoms with van der Waals surface area (Å²) in [5.74, 6) is 0. The number of rotatable bonds is 1. The number of anilines is 1. The molecule has 2 aromatic rings. The van der Waals surface area contributed by atoms with E-state index in [1.807, 2.05) is 0 Å². The van der Waals surface area contributed by atoms with Gasteiger partial charge in [-0.05, 0) is 41.8 Å². The van der Waals surface area contributed by atoms with Crippen LogP contribution in [-0.4, -0.2) is 0 Å². The first kappa shape index (κ1) is 12.5. The maximum Gasteiger partial charge on any atom is 0.417 e. The van der Waals surface area contributed by atoms with E-state index in [1.54, 1.807) is 31.2 Å². The minimum Gasteiger partial charge on any atom is -0.399 e. The highest BCUT2D eigenvalue weighted by atomic mass is 19.4. The third-order valence-electron chi connectivity index (χ3n) is 2.81. The molecular formula is C14H12F3N. The second kappa shape index (κ2) is 4.37. The lowest BCUT2D eigenvalue weighted by atomic mass is 9.97. The number of hydrogen-bond donors (Lipinski definition) is 1. The molecular weight excluding hydrogens is 239 g/mol. The second-order valence-corrected chi connectivity index (χ2v) is 4.11. The van der Waals surface area contributed by atoms with Crippen molar-refractivity contribution in [2.75, 3.05) is 5.73 Å².